The molecule has 0 saturated heterocycles. The predicted octanol–water partition coefficient (Wildman–Crippen LogP) is 4.04. The number of hydrogen-bond donors (Lipinski definition) is 2. The summed E-state index contributed by atoms with van der Waals surface area (Å²) in [4.78, 5) is 12.5. The minimum absolute atomic E-state index is 0.0182. The van der Waals surface area contributed by atoms with E-state index in [1.807, 2.05) is 18.2 Å². The number of benzene rings is 3. The van der Waals surface area contributed by atoms with Gasteiger partial charge in [0.05, 0.1) is 10.9 Å². The second-order valence-electron chi connectivity index (χ2n) is 6.90. The molecule has 2 N–H and O–H groups in total. The van der Waals surface area contributed by atoms with Crippen molar-refractivity contribution < 1.29 is 17.6 Å². The normalized spacial score (nSPS) is 15.6. The Hall–Kier alpha value is -3.19. The van der Waals surface area contributed by atoms with Gasteiger partial charge in [0.15, 0.2) is 0 Å². The van der Waals surface area contributed by atoms with Crippen molar-refractivity contribution in [2.24, 2.45) is 0 Å². The molecule has 1 atom stereocenters. The third kappa shape index (κ3) is 4.14. The van der Waals surface area contributed by atoms with Crippen molar-refractivity contribution in [1.29, 1.82) is 0 Å². The average molecular weight is 410 g/mol. The lowest BCUT2D eigenvalue weighted by atomic mass is 10.1. The van der Waals surface area contributed by atoms with E-state index in [4.69, 9.17) is 0 Å². The minimum Gasteiger partial charge on any atom is -0.345 e. The van der Waals surface area contributed by atoms with E-state index < -0.39 is 15.8 Å². The highest BCUT2D eigenvalue weighted by Crippen LogP contribution is 2.31. The lowest BCUT2D eigenvalue weighted by molar-refractivity contribution is 0.0936. The SMILES string of the molecule is O=C(NC1CCc2ccccc21)c1ccc(NS(=O)(=O)c2ccc(F)cc2)cc1. The van der Waals surface area contributed by atoms with Crippen molar-refractivity contribution in [3.05, 3.63) is 95.3 Å². The largest absolute Gasteiger partial charge is 0.345 e. The van der Waals surface area contributed by atoms with Crippen LogP contribution in [-0.2, 0) is 16.4 Å². The molecule has 0 spiro atoms. The summed E-state index contributed by atoms with van der Waals surface area (Å²) in [6.07, 6.45) is 1.80. The van der Waals surface area contributed by atoms with Crippen molar-refractivity contribution >= 4 is 21.6 Å². The van der Waals surface area contributed by atoms with Gasteiger partial charge in [-0.25, -0.2) is 12.8 Å². The van der Waals surface area contributed by atoms with Crippen LogP contribution < -0.4 is 10.0 Å². The van der Waals surface area contributed by atoms with Crippen LogP contribution in [0.3, 0.4) is 0 Å². The van der Waals surface area contributed by atoms with Gasteiger partial charge in [0, 0.05) is 11.3 Å². The molecule has 0 fully saturated rings. The van der Waals surface area contributed by atoms with E-state index >= 15 is 0 Å². The first kappa shape index (κ1) is 19.1. The summed E-state index contributed by atoms with van der Waals surface area (Å²) in [7, 11) is -3.83. The Kier molecular flexibility index (Phi) is 5.07. The fraction of sp³-hybridized carbons (Fsp3) is 0.136. The van der Waals surface area contributed by atoms with E-state index in [9.17, 15) is 17.6 Å². The molecule has 1 aliphatic carbocycles. The molecule has 0 aromatic heterocycles. The molecular formula is C22H19FN2O3S. The monoisotopic (exact) mass is 410 g/mol. The van der Waals surface area contributed by atoms with Gasteiger partial charge in [-0.05, 0) is 72.5 Å². The highest BCUT2D eigenvalue weighted by molar-refractivity contribution is 7.92. The van der Waals surface area contributed by atoms with Gasteiger partial charge < -0.3 is 5.32 Å². The Morgan fingerprint density at radius 3 is 2.34 bits per heavy atom. The second-order valence-corrected chi connectivity index (χ2v) is 8.58. The van der Waals surface area contributed by atoms with Crippen LogP contribution in [0.25, 0.3) is 0 Å². The molecule has 0 bridgehead atoms. The van der Waals surface area contributed by atoms with E-state index in [1.54, 1.807) is 12.1 Å². The van der Waals surface area contributed by atoms with Crippen molar-refractivity contribution in [1.82, 2.24) is 5.32 Å². The summed E-state index contributed by atoms with van der Waals surface area (Å²) < 4.78 is 40.2. The quantitative estimate of drug-likeness (QED) is 0.667. The molecule has 0 aliphatic heterocycles. The molecule has 0 heterocycles. The third-order valence-electron chi connectivity index (χ3n) is 4.96. The van der Waals surface area contributed by atoms with Crippen molar-refractivity contribution in [3.63, 3.8) is 0 Å². The summed E-state index contributed by atoms with van der Waals surface area (Å²) in [5.41, 5.74) is 3.16. The Bertz CT molecular complexity index is 1140. The molecule has 1 amide bonds. The molecule has 1 unspecified atom stereocenters. The van der Waals surface area contributed by atoms with Crippen LogP contribution in [-0.4, -0.2) is 14.3 Å². The van der Waals surface area contributed by atoms with Gasteiger partial charge in [0.25, 0.3) is 15.9 Å². The van der Waals surface area contributed by atoms with E-state index in [-0.39, 0.29) is 16.8 Å². The van der Waals surface area contributed by atoms with Crippen molar-refractivity contribution in [2.45, 2.75) is 23.8 Å². The molecule has 4 rings (SSSR count). The van der Waals surface area contributed by atoms with Gasteiger partial charge in [0.1, 0.15) is 5.82 Å². The highest BCUT2D eigenvalue weighted by Gasteiger charge is 2.23. The Morgan fingerprint density at radius 1 is 0.931 bits per heavy atom. The summed E-state index contributed by atoms with van der Waals surface area (Å²) in [5.74, 6) is -0.719. The molecular weight excluding hydrogens is 391 g/mol. The first-order chi connectivity index (χ1) is 13.9. The van der Waals surface area contributed by atoms with Crippen molar-refractivity contribution in [2.75, 3.05) is 4.72 Å². The molecule has 29 heavy (non-hydrogen) atoms. The smallest absolute Gasteiger partial charge is 0.261 e. The topological polar surface area (TPSA) is 75.3 Å². The van der Waals surface area contributed by atoms with Crippen molar-refractivity contribution in [3.8, 4) is 0 Å². The maximum atomic E-state index is 13.0. The van der Waals surface area contributed by atoms with E-state index in [0.717, 1.165) is 30.5 Å². The van der Waals surface area contributed by atoms with Crippen LogP contribution in [0, 0.1) is 5.82 Å². The van der Waals surface area contributed by atoms with Crippen LogP contribution in [0.15, 0.2) is 77.7 Å². The van der Waals surface area contributed by atoms with Gasteiger partial charge in [-0.2, -0.15) is 0 Å². The van der Waals surface area contributed by atoms with Gasteiger partial charge in [-0.1, -0.05) is 24.3 Å². The van der Waals surface area contributed by atoms with Crippen LogP contribution >= 0.6 is 0 Å². The van der Waals surface area contributed by atoms with Gasteiger partial charge in [0.2, 0.25) is 0 Å². The molecule has 3 aromatic carbocycles. The van der Waals surface area contributed by atoms with Crippen LogP contribution in [0.4, 0.5) is 10.1 Å². The predicted molar refractivity (Wildman–Crippen MR) is 109 cm³/mol. The average Bonchev–Trinajstić information content (AvgIpc) is 3.11. The summed E-state index contributed by atoms with van der Waals surface area (Å²) in [6, 6.07) is 18.8. The fourth-order valence-corrected chi connectivity index (χ4v) is 4.52. The Labute approximate surface area is 168 Å². The Balaban J connectivity index is 1.44. The lowest BCUT2D eigenvalue weighted by Gasteiger charge is -2.14. The van der Waals surface area contributed by atoms with Gasteiger partial charge in [-0.3, -0.25) is 9.52 Å². The second kappa shape index (κ2) is 7.67. The van der Waals surface area contributed by atoms with Crippen LogP contribution in [0.2, 0.25) is 0 Å². The number of rotatable bonds is 5. The van der Waals surface area contributed by atoms with Crippen LogP contribution in [0.1, 0.15) is 33.9 Å². The highest BCUT2D eigenvalue weighted by atomic mass is 32.2. The zero-order chi connectivity index (χ0) is 20.4. The molecule has 0 radical (unpaired) electrons. The number of fused-ring (bicyclic) bond motifs is 1. The third-order valence-corrected chi connectivity index (χ3v) is 6.36. The number of anilines is 1. The van der Waals surface area contributed by atoms with E-state index in [2.05, 4.69) is 16.1 Å². The molecule has 5 nitrogen and oxygen atoms in total. The molecule has 1 aliphatic rings. The number of nitrogens with one attached hydrogen (secondary N) is 2. The Morgan fingerprint density at radius 2 is 1.62 bits per heavy atom. The number of carbonyl (C=O) groups excluding carboxylic acids is 1. The maximum Gasteiger partial charge on any atom is 0.261 e. The lowest BCUT2D eigenvalue weighted by Crippen LogP contribution is -2.27. The zero-order valence-electron chi connectivity index (χ0n) is 15.4. The van der Waals surface area contributed by atoms with Crippen LogP contribution in [0.5, 0.6) is 0 Å². The molecule has 7 heteroatoms. The number of amides is 1. The number of aryl methyl sites for hydroxylation is 1. The number of carbonyl (C=O) groups is 1. The minimum atomic E-state index is -3.83. The summed E-state index contributed by atoms with van der Waals surface area (Å²) >= 11 is 0. The maximum absolute atomic E-state index is 13.0. The van der Waals surface area contributed by atoms with E-state index in [1.165, 1.54) is 29.8 Å². The number of hydrogen-bond acceptors (Lipinski definition) is 3. The molecule has 3 aromatic rings. The standard InChI is InChI=1S/C22H19FN2O3S/c23-17-8-12-19(13-9-17)29(27,28)25-18-10-5-16(6-11-18)22(26)24-21-14-7-15-3-1-2-4-20(15)21/h1-6,8-13,21,25H,7,14H2,(H,24,26). The van der Waals surface area contributed by atoms with E-state index in [0.29, 0.717) is 11.3 Å². The molecule has 0 saturated carbocycles. The number of sulfonamides is 1. The summed E-state index contributed by atoms with van der Waals surface area (Å²) in [6.45, 7) is 0. The fourth-order valence-electron chi connectivity index (χ4n) is 3.47. The summed E-state index contributed by atoms with van der Waals surface area (Å²) in [5, 5.41) is 3.04. The molecule has 148 valence electrons. The zero-order valence-corrected chi connectivity index (χ0v) is 16.2. The number of halogens is 1. The first-order valence-corrected chi connectivity index (χ1v) is 10.7. The van der Waals surface area contributed by atoms with Gasteiger partial charge >= 0.3 is 0 Å². The first-order valence-electron chi connectivity index (χ1n) is 9.19. The van der Waals surface area contributed by atoms with Gasteiger partial charge in [-0.15, -0.1) is 0 Å².